The van der Waals surface area contributed by atoms with Crippen molar-refractivity contribution in [2.24, 2.45) is 5.16 Å². The molecule has 2 aromatic carbocycles. The van der Waals surface area contributed by atoms with Crippen LogP contribution in [-0.2, 0) is 21.8 Å². The van der Waals surface area contributed by atoms with Gasteiger partial charge in [0.25, 0.3) is 5.60 Å². The third-order valence-electron chi connectivity index (χ3n) is 5.38. The Kier molecular flexibility index (Phi) is 8.19. The average Bonchev–Trinajstić information content (AvgIpc) is 3.20. The Bertz CT molecular complexity index is 1040. The normalized spacial score (nSPS) is 18.1. The van der Waals surface area contributed by atoms with Gasteiger partial charge in [0.05, 0.1) is 5.71 Å². The number of halogens is 6. The minimum Gasteiger partial charge on any atom is -0.374 e. The summed E-state index contributed by atoms with van der Waals surface area (Å²) in [7, 11) is 0. The number of hydrogen-bond donors (Lipinski definition) is 1. The van der Waals surface area contributed by atoms with Gasteiger partial charge in [0.15, 0.2) is 0 Å². The van der Waals surface area contributed by atoms with Crippen molar-refractivity contribution in [1.82, 2.24) is 5.32 Å². The molecule has 0 aliphatic carbocycles. The number of unbranched alkanes of at least 4 members (excludes halogenated alkanes) is 2. The van der Waals surface area contributed by atoms with E-state index in [-0.39, 0.29) is 33.8 Å². The van der Waals surface area contributed by atoms with E-state index in [2.05, 4.69) is 10.5 Å². The lowest BCUT2D eigenvalue weighted by Gasteiger charge is -2.29. The Morgan fingerprint density at radius 2 is 1.82 bits per heavy atom. The Morgan fingerprint density at radius 3 is 2.45 bits per heavy atom. The largest absolute Gasteiger partial charge is 0.435 e. The van der Waals surface area contributed by atoms with E-state index < -0.39 is 18.2 Å². The number of hydrogen-bond acceptors (Lipinski definition) is 3. The molecule has 1 atom stereocenters. The zero-order valence-corrected chi connectivity index (χ0v) is 20.0. The third kappa shape index (κ3) is 5.94. The maximum absolute atomic E-state index is 14.2. The number of benzene rings is 2. The standard InChI is InChI=1S/C23H22Cl3F3N2O2/c1-2-3-4-5-21(32)30-13-15-8-14(6-7-19(15)26)20-12-22(33-31-20,23(27,28)29)16-9-17(24)11-18(25)10-16/h6-11H,2-5,12-13H2,1H3,(H,30,32). The van der Waals surface area contributed by atoms with Crippen LogP contribution >= 0.6 is 34.8 Å². The van der Waals surface area contributed by atoms with Crippen LogP contribution in [0.5, 0.6) is 0 Å². The number of carbonyl (C=O) groups is 1. The van der Waals surface area contributed by atoms with E-state index in [9.17, 15) is 18.0 Å². The molecule has 1 amide bonds. The number of alkyl halides is 3. The van der Waals surface area contributed by atoms with Crippen molar-refractivity contribution in [3.05, 3.63) is 68.2 Å². The topological polar surface area (TPSA) is 50.7 Å². The molecule has 33 heavy (non-hydrogen) atoms. The molecule has 0 spiro atoms. The van der Waals surface area contributed by atoms with Crippen molar-refractivity contribution in [2.75, 3.05) is 0 Å². The first kappa shape index (κ1) is 25.7. The summed E-state index contributed by atoms with van der Waals surface area (Å²) in [5, 5.41) is 7.05. The second-order valence-corrected chi connectivity index (χ2v) is 9.11. The SMILES string of the molecule is CCCCCC(=O)NCc1cc(C2=NOC(c3cc(Cl)cc(Cl)c3)(C(F)(F)F)C2)ccc1Cl. The van der Waals surface area contributed by atoms with Crippen molar-refractivity contribution in [2.45, 2.75) is 57.3 Å². The molecule has 178 valence electrons. The summed E-state index contributed by atoms with van der Waals surface area (Å²) in [4.78, 5) is 17.0. The van der Waals surface area contributed by atoms with Gasteiger partial charge in [-0.2, -0.15) is 13.2 Å². The predicted octanol–water partition coefficient (Wildman–Crippen LogP) is 7.43. The highest BCUT2D eigenvalue weighted by molar-refractivity contribution is 6.34. The molecule has 1 unspecified atom stereocenters. The molecule has 0 fully saturated rings. The van der Waals surface area contributed by atoms with Gasteiger partial charge in [-0.1, -0.05) is 65.8 Å². The molecular formula is C23H22Cl3F3N2O2. The van der Waals surface area contributed by atoms with E-state index in [4.69, 9.17) is 39.6 Å². The molecule has 0 saturated heterocycles. The molecule has 1 aliphatic heterocycles. The Balaban J connectivity index is 1.81. The van der Waals surface area contributed by atoms with Crippen molar-refractivity contribution >= 4 is 46.4 Å². The quantitative estimate of drug-likeness (QED) is 0.367. The lowest BCUT2D eigenvalue weighted by molar-refractivity contribution is -0.275. The van der Waals surface area contributed by atoms with Crippen molar-refractivity contribution in [3.63, 3.8) is 0 Å². The fraction of sp³-hybridized carbons (Fsp3) is 0.391. The number of oxime groups is 1. The summed E-state index contributed by atoms with van der Waals surface area (Å²) in [6, 6.07) is 8.40. The molecule has 0 saturated carbocycles. The lowest BCUT2D eigenvalue weighted by atomic mass is 9.86. The van der Waals surface area contributed by atoms with Crippen LogP contribution < -0.4 is 5.32 Å². The first-order chi connectivity index (χ1) is 15.6. The van der Waals surface area contributed by atoms with E-state index in [1.807, 2.05) is 6.92 Å². The number of nitrogens with zero attached hydrogens (tertiary/aromatic N) is 1. The zero-order chi connectivity index (χ0) is 24.2. The fourth-order valence-electron chi connectivity index (χ4n) is 3.55. The van der Waals surface area contributed by atoms with Crippen LogP contribution in [0.3, 0.4) is 0 Å². The molecule has 3 rings (SSSR count). The predicted molar refractivity (Wildman–Crippen MR) is 124 cm³/mol. The summed E-state index contributed by atoms with van der Waals surface area (Å²) < 4.78 is 42.5. The molecule has 1 N–H and O–H groups in total. The van der Waals surface area contributed by atoms with Gasteiger partial charge in [-0.05, 0) is 47.9 Å². The van der Waals surface area contributed by atoms with Crippen LogP contribution in [-0.4, -0.2) is 17.8 Å². The van der Waals surface area contributed by atoms with Crippen molar-refractivity contribution in [3.8, 4) is 0 Å². The summed E-state index contributed by atoms with van der Waals surface area (Å²) in [6.07, 6.45) is -2.20. The maximum Gasteiger partial charge on any atom is 0.435 e. The van der Waals surface area contributed by atoms with Gasteiger partial charge in [-0.15, -0.1) is 0 Å². The van der Waals surface area contributed by atoms with Crippen LogP contribution in [0.1, 0.15) is 55.7 Å². The molecule has 1 heterocycles. The number of rotatable bonds is 8. The molecule has 10 heteroatoms. The van der Waals surface area contributed by atoms with E-state index in [1.54, 1.807) is 18.2 Å². The van der Waals surface area contributed by atoms with Gasteiger partial charge in [-0.3, -0.25) is 4.79 Å². The number of nitrogens with one attached hydrogen (secondary N) is 1. The molecule has 2 aromatic rings. The minimum atomic E-state index is -4.78. The van der Waals surface area contributed by atoms with Gasteiger partial charge in [0.2, 0.25) is 5.91 Å². The van der Waals surface area contributed by atoms with Gasteiger partial charge in [0, 0.05) is 40.0 Å². The molecule has 1 aliphatic rings. The summed E-state index contributed by atoms with van der Waals surface area (Å²) >= 11 is 18.1. The van der Waals surface area contributed by atoms with E-state index in [1.165, 1.54) is 18.2 Å². The summed E-state index contributed by atoms with van der Waals surface area (Å²) in [6.45, 7) is 2.20. The second kappa shape index (κ2) is 10.5. The Hall–Kier alpha value is -1.96. The van der Waals surface area contributed by atoms with Gasteiger partial charge >= 0.3 is 6.18 Å². The van der Waals surface area contributed by atoms with Crippen LogP contribution in [0.25, 0.3) is 0 Å². The molecule has 0 aromatic heterocycles. The number of amides is 1. The minimum absolute atomic E-state index is 0.0571. The van der Waals surface area contributed by atoms with Crippen LogP contribution in [0.15, 0.2) is 41.6 Å². The van der Waals surface area contributed by atoms with Crippen LogP contribution in [0, 0.1) is 0 Å². The zero-order valence-electron chi connectivity index (χ0n) is 17.7. The maximum atomic E-state index is 14.2. The molecule has 4 nitrogen and oxygen atoms in total. The summed E-state index contributed by atoms with van der Waals surface area (Å²) in [5.41, 5.74) is -1.88. The van der Waals surface area contributed by atoms with Crippen LogP contribution in [0.2, 0.25) is 15.1 Å². The van der Waals surface area contributed by atoms with Crippen molar-refractivity contribution in [1.29, 1.82) is 0 Å². The Labute approximate surface area is 205 Å². The van der Waals surface area contributed by atoms with Gasteiger partial charge in [-0.25, -0.2) is 0 Å². The van der Waals surface area contributed by atoms with Crippen molar-refractivity contribution < 1.29 is 22.8 Å². The average molecular weight is 522 g/mol. The lowest BCUT2D eigenvalue weighted by Crippen LogP contribution is -2.42. The fourth-order valence-corrected chi connectivity index (χ4v) is 4.26. The van der Waals surface area contributed by atoms with E-state index in [0.29, 0.717) is 22.6 Å². The number of carbonyl (C=O) groups excluding carboxylic acids is 1. The smallest absolute Gasteiger partial charge is 0.374 e. The molecular weight excluding hydrogens is 500 g/mol. The highest BCUT2D eigenvalue weighted by atomic mass is 35.5. The monoisotopic (exact) mass is 520 g/mol. The highest BCUT2D eigenvalue weighted by Crippen LogP contribution is 2.49. The molecule has 0 radical (unpaired) electrons. The van der Waals surface area contributed by atoms with Gasteiger partial charge < -0.3 is 10.2 Å². The first-order valence-corrected chi connectivity index (χ1v) is 11.5. The summed E-state index contributed by atoms with van der Waals surface area (Å²) in [5.74, 6) is -0.111. The van der Waals surface area contributed by atoms with E-state index >= 15 is 0 Å². The third-order valence-corrected chi connectivity index (χ3v) is 6.18. The second-order valence-electron chi connectivity index (χ2n) is 7.83. The van der Waals surface area contributed by atoms with Gasteiger partial charge in [0.1, 0.15) is 0 Å². The highest BCUT2D eigenvalue weighted by Gasteiger charge is 2.62. The van der Waals surface area contributed by atoms with Crippen LogP contribution in [0.4, 0.5) is 13.2 Å². The first-order valence-electron chi connectivity index (χ1n) is 10.4. The Morgan fingerprint density at radius 1 is 1.12 bits per heavy atom. The van der Waals surface area contributed by atoms with E-state index in [0.717, 1.165) is 19.3 Å². The molecule has 0 bridgehead atoms.